The van der Waals surface area contributed by atoms with E-state index in [2.05, 4.69) is 41.5 Å². The summed E-state index contributed by atoms with van der Waals surface area (Å²) in [6.07, 6.45) is 3.44. The Kier molecular flexibility index (Phi) is 4.63. The lowest BCUT2D eigenvalue weighted by Gasteiger charge is -2.38. The fourth-order valence-corrected chi connectivity index (χ4v) is 2.77. The normalized spacial score (nSPS) is 19.8. The van der Waals surface area contributed by atoms with Crippen molar-refractivity contribution in [1.29, 1.82) is 0 Å². The molecular formula is C15H28N4. The maximum atomic E-state index is 5.87. The van der Waals surface area contributed by atoms with E-state index in [1.54, 1.807) is 0 Å². The largest absolute Gasteiger partial charge is 0.330 e. The van der Waals surface area contributed by atoms with Crippen LogP contribution in [0.4, 0.5) is 0 Å². The van der Waals surface area contributed by atoms with Crippen molar-refractivity contribution >= 4 is 0 Å². The van der Waals surface area contributed by atoms with Gasteiger partial charge in [-0.2, -0.15) is 5.10 Å². The Labute approximate surface area is 117 Å². The van der Waals surface area contributed by atoms with Crippen molar-refractivity contribution in [2.45, 2.75) is 53.1 Å². The number of rotatable bonds is 5. The number of nitrogens with zero attached hydrogens (tertiary/aromatic N) is 3. The Balaban J connectivity index is 1.97. The molecule has 0 bridgehead atoms. The summed E-state index contributed by atoms with van der Waals surface area (Å²) in [6.45, 7) is 11.8. The number of aryl methyl sites for hydroxylation is 2. The molecule has 0 saturated carbocycles. The third kappa shape index (κ3) is 3.37. The minimum Gasteiger partial charge on any atom is -0.330 e. The van der Waals surface area contributed by atoms with Crippen LogP contribution in [0.1, 0.15) is 45.0 Å². The highest BCUT2D eigenvalue weighted by molar-refractivity contribution is 5.10. The third-order valence-electron chi connectivity index (χ3n) is 4.52. The van der Waals surface area contributed by atoms with Gasteiger partial charge >= 0.3 is 0 Å². The molecular weight excluding hydrogens is 236 g/mol. The molecule has 0 aliphatic carbocycles. The Hall–Kier alpha value is -0.870. The predicted octanol–water partition coefficient (Wildman–Crippen LogP) is 2.03. The van der Waals surface area contributed by atoms with Crippen molar-refractivity contribution in [3.8, 4) is 0 Å². The molecule has 1 aromatic heterocycles. The minimum atomic E-state index is 0.357. The van der Waals surface area contributed by atoms with E-state index in [4.69, 9.17) is 5.73 Å². The van der Waals surface area contributed by atoms with Gasteiger partial charge in [0.25, 0.3) is 0 Å². The second-order valence-corrected chi connectivity index (χ2v) is 6.09. The van der Waals surface area contributed by atoms with Crippen LogP contribution < -0.4 is 5.73 Å². The Morgan fingerprint density at radius 1 is 1.32 bits per heavy atom. The van der Waals surface area contributed by atoms with Crippen molar-refractivity contribution < 1.29 is 0 Å². The quantitative estimate of drug-likeness (QED) is 0.885. The van der Waals surface area contributed by atoms with E-state index in [1.165, 1.54) is 24.2 Å². The summed E-state index contributed by atoms with van der Waals surface area (Å²) in [5, 5.41) is 4.63. The summed E-state index contributed by atoms with van der Waals surface area (Å²) < 4.78 is 2.15. The monoisotopic (exact) mass is 264 g/mol. The molecule has 1 fully saturated rings. The lowest BCUT2D eigenvalue weighted by Crippen LogP contribution is -2.42. The van der Waals surface area contributed by atoms with Crippen LogP contribution in [-0.2, 0) is 19.5 Å². The number of hydrogen-bond acceptors (Lipinski definition) is 3. The highest BCUT2D eigenvalue weighted by atomic mass is 15.3. The van der Waals surface area contributed by atoms with Crippen LogP contribution in [0.25, 0.3) is 0 Å². The first-order valence-corrected chi connectivity index (χ1v) is 7.58. The fourth-order valence-electron chi connectivity index (χ4n) is 2.77. The van der Waals surface area contributed by atoms with Gasteiger partial charge < -0.3 is 5.73 Å². The van der Waals surface area contributed by atoms with Gasteiger partial charge in [-0.05, 0) is 57.3 Å². The summed E-state index contributed by atoms with van der Waals surface area (Å²) in [7, 11) is 0. The zero-order valence-corrected chi connectivity index (χ0v) is 12.7. The zero-order valence-electron chi connectivity index (χ0n) is 12.7. The number of likely N-dealkylation sites (tertiary alicyclic amines) is 1. The van der Waals surface area contributed by atoms with Crippen LogP contribution >= 0.6 is 0 Å². The van der Waals surface area contributed by atoms with Crippen LogP contribution in [-0.4, -0.2) is 34.3 Å². The minimum absolute atomic E-state index is 0.357. The van der Waals surface area contributed by atoms with Crippen molar-refractivity contribution in [3.05, 3.63) is 17.5 Å². The molecule has 0 unspecified atom stereocenters. The maximum absolute atomic E-state index is 5.87. The van der Waals surface area contributed by atoms with Crippen LogP contribution in [0, 0.1) is 5.41 Å². The molecule has 4 nitrogen and oxygen atoms in total. The van der Waals surface area contributed by atoms with Gasteiger partial charge in [0, 0.05) is 13.1 Å². The molecule has 0 spiro atoms. The molecule has 1 aliphatic rings. The Morgan fingerprint density at radius 3 is 2.53 bits per heavy atom. The van der Waals surface area contributed by atoms with E-state index in [0.717, 1.165) is 39.1 Å². The molecule has 0 atom stereocenters. The smallest absolute Gasteiger partial charge is 0.0625 e. The number of aromatic nitrogens is 2. The number of piperidine rings is 1. The van der Waals surface area contributed by atoms with Crippen LogP contribution in [0.15, 0.2) is 6.07 Å². The molecule has 2 N–H and O–H groups in total. The molecule has 2 rings (SSSR count). The van der Waals surface area contributed by atoms with E-state index in [0.29, 0.717) is 5.41 Å². The van der Waals surface area contributed by atoms with Crippen molar-refractivity contribution in [2.75, 3.05) is 19.6 Å². The standard InChI is InChI=1S/C15H28N4/c1-4-13-10-14(19(5-2)17-13)11-18-8-6-15(3,12-16)7-9-18/h10H,4-9,11-12,16H2,1-3H3. The molecule has 2 heterocycles. The molecule has 108 valence electrons. The van der Waals surface area contributed by atoms with Crippen LogP contribution in [0.2, 0.25) is 0 Å². The molecule has 0 aromatic carbocycles. The molecule has 1 aromatic rings. The van der Waals surface area contributed by atoms with E-state index < -0.39 is 0 Å². The SMILES string of the molecule is CCc1cc(CN2CCC(C)(CN)CC2)n(CC)n1. The molecule has 1 aliphatic heterocycles. The third-order valence-corrected chi connectivity index (χ3v) is 4.52. The van der Waals surface area contributed by atoms with Crippen molar-refractivity contribution in [3.63, 3.8) is 0 Å². The number of hydrogen-bond donors (Lipinski definition) is 1. The molecule has 19 heavy (non-hydrogen) atoms. The van der Waals surface area contributed by atoms with Gasteiger partial charge in [0.1, 0.15) is 0 Å². The maximum Gasteiger partial charge on any atom is 0.0625 e. The fraction of sp³-hybridized carbons (Fsp3) is 0.800. The van der Waals surface area contributed by atoms with Gasteiger partial charge in [0.15, 0.2) is 0 Å². The van der Waals surface area contributed by atoms with Crippen molar-refractivity contribution in [1.82, 2.24) is 14.7 Å². The second-order valence-electron chi connectivity index (χ2n) is 6.09. The summed E-state index contributed by atoms with van der Waals surface area (Å²) in [6, 6.07) is 2.26. The molecule has 1 saturated heterocycles. The summed E-state index contributed by atoms with van der Waals surface area (Å²) in [4.78, 5) is 2.54. The van der Waals surface area contributed by atoms with E-state index >= 15 is 0 Å². The summed E-state index contributed by atoms with van der Waals surface area (Å²) in [5.41, 5.74) is 8.79. The van der Waals surface area contributed by atoms with Crippen molar-refractivity contribution in [2.24, 2.45) is 11.1 Å². The van der Waals surface area contributed by atoms with E-state index in [-0.39, 0.29) is 0 Å². The highest BCUT2D eigenvalue weighted by Gasteiger charge is 2.28. The van der Waals surface area contributed by atoms with Gasteiger partial charge in [-0.15, -0.1) is 0 Å². The first-order valence-electron chi connectivity index (χ1n) is 7.58. The van der Waals surface area contributed by atoms with Crippen LogP contribution in [0.5, 0.6) is 0 Å². The first-order chi connectivity index (χ1) is 9.10. The molecule has 0 amide bonds. The predicted molar refractivity (Wildman–Crippen MR) is 79.0 cm³/mol. The Morgan fingerprint density at radius 2 is 2.00 bits per heavy atom. The average Bonchev–Trinajstić information content (AvgIpc) is 2.84. The lowest BCUT2D eigenvalue weighted by molar-refractivity contribution is 0.116. The Bertz CT molecular complexity index is 402. The summed E-state index contributed by atoms with van der Waals surface area (Å²) in [5.74, 6) is 0. The molecule has 4 heteroatoms. The van der Waals surface area contributed by atoms with Gasteiger partial charge in [-0.25, -0.2) is 0 Å². The molecule has 0 radical (unpaired) electrons. The van der Waals surface area contributed by atoms with Gasteiger partial charge in [-0.3, -0.25) is 9.58 Å². The number of nitrogens with two attached hydrogens (primary N) is 1. The highest BCUT2D eigenvalue weighted by Crippen LogP contribution is 2.30. The lowest BCUT2D eigenvalue weighted by atomic mass is 9.80. The van der Waals surface area contributed by atoms with E-state index in [1.807, 2.05) is 0 Å². The average molecular weight is 264 g/mol. The zero-order chi connectivity index (χ0) is 13.9. The van der Waals surface area contributed by atoms with E-state index in [9.17, 15) is 0 Å². The first kappa shape index (κ1) is 14.5. The van der Waals surface area contributed by atoms with Crippen LogP contribution in [0.3, 0.4) is 0 Å². The topological polar surface area (TPSA) is 47.1 Å². The second kappa shape index (κ2) is 6.06. The van der Waals surface area contributed by atoms with Gasteiger partial charge in [0.2, 0.25) is 0 Å². The summed E-state index contributed by atoms with van der Waals surface area (Å²) >= 11 is 0. The van der Waals surface area contributed by atoms with Gasteiger partial charge in [-0.1, -0.05) is 13.8 Å². The van der Waals surface area contributed by atoms with Gasteiger partial charge in [0.05, 0.1) is 11.4 Å².